The number of nitrogens with one attached hydrogen (secondary N) is 6. The third-order valence-corrected chi connectivity index (χ3v) is 17.6. The molecule has 466 valence electrons. The Morgan fingerprint density at radius 3 is 1.25 bits per heavy atom. The van der Waals surface area contributed by atoms with Crippen LogP contribution in [0.1, 0.15) is 125 Å². The first-order valence-corrected chi connectivity index (χ1v) is 30.5. The maximum Gasteiger partial charge on any atom is 0.227 e. The van der Waals surface area contributed by atoms with E-state index in [2.05, 4.69) is 86.1 Å². The lowest BCUT2D eigenvalue weighted by atomic mass is 9.91. The summed E-state index contributed by atoms with van der Waals surface area (Å²) in [6, 6.07) is -2.12. The molecule has 0 amide bonds. The van der Waals surface area contributed by atoms with Gasteiger partial charge in [0.15, 0.2) is 34.0 Å². The normalized spacial score (nSPS) is 25.6. The predicted molar refractivity (Wildman–Crippen MR) is 319 cm³/mol. The lowest BCUT2D eigenvalue weighted by Gasteiger charge is -2.31. The first-order chi connectivity index (χ1) is 43.0. The van der Waals surface area contributed by atoms with Crippen molar-refractivity contribution in [1.82, 2.24) is 103 Å². The molecule has 0 saturated heterocycles. The lowest BCUT2D eigenvalue weighted by molar-refractivity contribution is 0.00491. The van der Waals surface area contributed by atoms with Gasteiger partial charge in [0.25, 0.3) is 0 Å². The summed E-state index contributed by atoms with van der Waals surface area (Å²) in [5.41, 5.74) is 4.70. The summed E-state index contributed by atoms with van der Waals surface area (Å²) >= 11 is 0. The highest BCUT2D eigenvalue weighted by Gasteiger charge is 2.47. The number of anilines is 6. The first-order valence-electron chi connectivity index (χ1n) is 30.5. The van der Waals surface area contributed by atoms with E-state index in [1.54, 1.807) is 21.8 Å². The van der Waals surface area contributed by atoms with Gasteiger partial charge in [-0.3, -0.25) is 0 Å². The smallest absolute Gasteiger partial charge is 0.227 e. The fourth-order valence-corrected chi connectivity index (χ4v) is 12.7. The first kappa shape index (κ1) is 58.4. The summed E-state index contributed by atoms with van der Waals surface area (Å²) in [4.78, 5) is 54.8. The second-order valence-electron chi connectivity index (χ2n) is 23.3. The van der Waals surface area contributed by atoms with Crippen LogP contribution in [0.5, 0.6) is 0 Å². The van der Waals surface area contributed by atoms with Crippen LogP contribution in [-0.2, 0) is 39.1 Å². The molecule has 0 spiro atoms. The number of aliphatic hydroxyl groups is 6. The van der Waals surface area contributed by atoms with Crippen LogP contribution < -0.4 is 31.9 Å². The molecule has 33 heteroatoms. The minimum absolute atomic E-state index is 0.0644. The molecule has 0 aromatic carbocycles. The number of hydrogen-bond donors (Lipinski definition) is 12. The number of rotatable bonds is 24. The third kappa shape index (κ3) is 12.3. The number of hydrogen-bond acceptors (Lipinski definition) is 27. The topological polar surface area (TPSA) is 416 Å². The number of nitrogens with zero attached hydrogens (tertiary/aromatic N) is 21. The summed E-state index contributed by atoms with van der Waals surface area (Å²) in [5, 5.41) is 103. The number of fused-ring (bicyclic) bond motifs is 2. The summed E-state index contributed by atoms with van der Waals surface area (Å²) in [7, 11) is 0. The molecule has 88 heavy (non-hydrogen) atoms. The summed E-state index contributed by atoms with van der Waals surface area (Å²) < 4.78 is 7.65. The molecule has 13 rings (SSSR count). The Kier molecular flexibility index (Phi) is 17.0. The van der Waals surface area contributed by atoms with E-state index in [0.29, 0.717) is 108 Å². The molecule has 0 unspecified atom stereocenters. The molecular formula is C55H75N27O6. The average molecular weight is 1210 g/mol. The minimum Gasteiger partial charge on any atom is -0.390 e. The Morgan fingerprint density at radius 1 is 0.455 bits per heavy atom. The van der Waals surface area contributed by atoms with Crippen molar-refractivity contribution in [3.8, 4) is 0 Å². The van der Waals surface area contributed by atoms with Gasteiger partial charge < -0.3 is 80.8 Å². The fourth-order valence-electron chi connectivity index (χ4n) is 12.7. The molecule has 4 fully saturated rings. The highest BCUT2D eigenvalue weighted by Crippen LogP contribution is 2.42. The zero-order valence-electron chi connectivity index (χ0n) is 48.9. The largest absolute Gasteiger partial charge is 0.390 e. The van der Waals surface area contributed by atoms with Crippen LogP contribution in [0.15, 0.2) is 56.4 Å². The molecule has 12 N–H and O–H groups in total. The molecule has 0 aliphatic heterocycles. The van der Waals surface area contributed by atoms with Gasteiger partial charge in [-0.1, -0.05) is 0 Å². The maximum absolute atomic E-state index is 11.4. The van der Waals surface area contributed by atoms with Crippen molar-refractivity contribution in [1.29, 1.82) is 0 Å². The molecule has 8 atom stereocenters. The van der Waals surface area contributed by atoms with Crippen LogP contribution in [0.4, 0.5) is 35.4 Å². The van der Waals surface area contributed by atoms with Gasteiger partial charge in [0.05, 0.1) is 74.4 Å². The van der Waals surface area contributed by atoms with E-state index in [1.165, 1.54) is 28.3 Å². The third-order valence-electron chi connectivity index (χ3n) is 17.6. The van der Waals surface area contributed by atoms with Crippen molar-refractivity contribution < 1.29 is 30.6 Å². The average Bonchev–Trinajstić information content (AvgIpc) is 1.90. The molecule has 9 aromatic rings. The molecule has 9 aromatic heterocycles. The van der Waals surface area contributed by atoms with Crippen LogP contribution in [0, 0.1) is 0 Å². The van der Waals surface area contributed by atoms with Gasteiger partial charge in [-0.15, -0.1) is 0 Å². The number of aryl methyl sites for hydroxylation is 2. The zero-order valence-corrected chi connectivity index (χ0v) is 48.9. The van der Waals surface area contributed by atoms with Crippen molar-refractivity contribution in [2.75, 3.05) is 45.0 Å². The molecule has 9 heterocycles. The predicted octanol–water partition coefficient (Wildman–Crippen LogP) is 1.55. The Bertz CT molecular complexity index is 3550. The SMILES string of the molecule is CCn1cnc(CCNc2nc(N[C@H]3CC[C@H](Nc4ncnc(N[C@H]5CC[C@H](Nc6nc(NCCc7cn(CC)cn7)nc7c6ncn7[C@@H]6C[C@H](n7ncc(CO)n7)[C@@H](O)[C@H]6O)CC5)n4)CC3)c3ncn([C@@H]4C[C@H](n5ncc(CO)n5)[C@@H](O)[C@H]4O)c3n2)c1. The van der Waals surface area contributed by atoms with Crippen LogP contribution >= 0.6 is 0 Å². The van der Waals surface area contributed by atoms with Crippen LogP contribution in [0.25, 0.3) is 22.3 Å². The standard InChI is InChI=1S/C55H75N27O6/c1-3-77-21-34(60-26-77)13-15-56-52-70-48(42-50(72-52)79(28-62-42)38-17-40(46(87)44(38)85)81-64-19-36(23-83)75-81)66-30-5-9-32(10-6-30)68-54-58-25-59-55(74-54)69-33-11-7-31(8-12-33)67-49-43-51(73-53(71-49)57-16-14-35-22-78(4-2)27-61-35)80(29-63-43)39-18-41(47(88)45(39)86)82-65-20-37(24-84)76-82/h19-22,25-33,38-41,44-47,83-88H,3-18,23-24H2,1-2H3,(H2,56,66,70,72)(H2,57,67,71,73)(H2,58,59,68,69,74)/t30-,31-,32-,33-,38-,39-,40+,41+,44+,45+,46-,47-/m1/s1. The van der Waals surface area contributed by atoms with Gasteiger partial charge >= 0.3 is 0 Å². The highest BCUT2D eigenvalue weighted by atomic mass is 16.3. The van der Waals surface area contributed by atoms with Gasteiger partial charge in [-0.2, -0.15) is 54.9 Å². The minimum atomic E-state index is -1.17. The number of aromatic nitrogens is 21. The lowest BCUT2D eigenvalue weighted by Crippen LogP contribution is -2.34. The van der Waals surface area contributed by atoms with Crippen molar-refractivity contribution >= 4 is 57.8 Å². The summed E-state index contributed by atoms with van der Waals surface area (Å²) in [5.74, 6) is 2.90. The van der Waals surface area contributed by atoms with Crippen LogP contribution in [-0.4, -0.2) is 195 Å². The van der Waals surface area contributed by atoms with E-state index in [9.17, 15) is 30.6 Å². The molecule has 4 saturated carbocycles. The molecular weight excluding hydrogens is 1130 g/mol. The highest BCUT2D eigenvalue weighted by molar-refractivity contribution is 5.85. The van der Waals surface area contributed by atoms with Gasteiger partial charge in [0, 0.05) is 75.6 Å². The molecule has 0 bridgehead atoms. The van der Waals surface area contributed by atoms with Crippen molar-refractivity contribution in [2.24, 2.45) is 0 Å². The molecule has 33 nitrogen and oxygen atoms in total. The van der Waals surface area contributed by atoms with Gasteiger partial charge in [0.1, 0.15) is 54.2 Å². The van der Waals surface area contributed by atoms with E-state index in [4.69, 9.17) is 34.9 Å². The van der Waals surface area contributed by atoms with E-state index in [1.807, 2.05) is 34.2 Å². The van der Waals surface area contributed by atoms with Gasteiger partial charge in [0.2, 0.25) is 23.8 Å². The van der Waals surface area contributed by atoms with Crippen molar-refractivity contribution in [3.05, 3.63) is 79.2 Å². The van der Waals surface area contributed by atoms with E-state index >= 15 is 0 Å². The van der Waals surface area contributed by atoms with Crippen LogP contribution in [0.2, 0.25) is 0 Å². The van der Waals surface area contributed by atoms with Crippen molar-refractivity contribution in [2.45, 2.75) is 190 Å². The quantitative estimate of drug-likeness (QED) is 0.0408. The van der Waals surface area contributed by atoms with Crippen LogP contribution in [0.3, 0.4) is 0 Å². The molecule has 0 radical (unpaired) electrons. The fraction of sp³-hybridized carbons (Fsp3) is 0.582. The Morgan fingerprint density at radius 2 is 0.864 bits per heavy atom. The van der Waals surface area contributed by atoms with E-state index < -0.39 is 48.6 Å². The van der Waals surface area contributed by atoms with Crippen molar-refractivity contribution in [3.63, 3.8) is 0 Å². The second-order valence-corrected chi connectivity index (χ2v) is 23.3. The van der Waals surface area contributed by atoms with Gasteiger partial charge in [-0.05, 0) is 78.1 Å². The van der Waals surface area contributed by atoms with E-state index in [0.717, 1.165) is 75.8 Å². The van der Waals surface area contributed by atoms with E-state index in [-0.39, 0.29) is 37.4 Å². The molecule has 4 aliphatic carbocycles. The summed E-state index contributed by atoms with van der Waals surface area (Å²) in [6.45, 7) is 6.26. The maximum atomic E-state index is 11.4. The second kappa shape index (κ2) is 25.6. The Balaban J connectivity index is 0.634. The Labute approximate surface area is 504 Å². The monoisotopic (exact) mass is 1210 g/mol. The number of imidazole rings is 4. The van der Waals surface area contributed by atoms with Gasteiger partial charge in [-0.25, -0.2) is 29.9 Å². The summed E-state index contributed by atoms with van der Waals surface area (Å²) in [6.07, 6.45) is 19.2. The Hall–Kier alpha value is -8.63. The zero-order chi connectivity index (χ0) is 60.4. The molecule has 4 aliphatic rings. The number of aliphatic hydroxyl groups excluding tert-OH is 6.